The second-order valence-electron chi connectivity index (χ2n) is 6.06. The maximum Gasteiger partial charge on any atom is 0.407 e. The summed E-state index contributed by atoms with van der Waals surface area (Å²) in [6.45, 7) is 0.480. The lowest BCUT2D eigenvalue weighted by molar-refractivity contribution is 0.119. The van der Waals surface area contributed by atoms with Crippen molar-refractivity contribution in [2.24, 2.45) is 0 Å². The molecule has 0 bridgehead atoms. The fraction of sp³-hybridized carbons (Fsp3) is 0.294. The summed E-state index contributed by atoms with van der Waals surface area (Å²) in [6, 6.07) is 4.82. The molecule has 144 valence electrons. The summed E-state index contributed by atoms with van der Waals surface area (Å²) >= 11 is 15.3. The van der Waals surface area contributed by atoms with Crippen molar-refractivity contribution in [2.45, 2.75) is 12.5 Å². The molecule has 1 saturated heterocycles. The highest BCUT2D eigenvalue weighted by Gasteiger charge is 2.33. The SMILES string of the molecule is N#CCC1CN(c2c(C#N)c(Cl)nc3c(F)c(Br)c(Cl)cc23)CCN1C(=O)O. The lowest BCUT2D eigenvalue weighted by atomic mass is 10.0. The molecule has 1 N–H and O–H groups in total. The fourth-order valence-electron chi connectivity index (χ4n) is 3.28. The predicted octanol–water partition coefficient (Wildman–Crippen LogP) is 4.40. The molecule has 1 atom stereocenters. The number of carboxylic acid groups (broad SMARTS) is 1. The van der Waals surface area contributed by atoms with Crippen molar-refractivity contribution in [2.75, 3.05) is 24.5 Å². The Kier molecular flexibility index (Phi) is 5.80. The molecule has 1 amide bonds. The van der Waals surface area contributed by atoms with Gasteiger partial charge in [0.25, 0.3) is 0 Å². The van der Waals surface area contributed by atoms with Crippen LogP contribution in [-0.4, -0.2) is 46.8 Å². The number of nitrogens with zero attached hydrogens (tertiary/aromatic N) is 5. The van der Waals surface area contributed by atoms with Crippen LogP contribution in [-0.2, 0) is 0 Å². The molecule has 1 aromatic heterocycles. The van der Waals surface area contributed by atoms with Crippen molar-refractivity contribution < 1.29 is 14.3 Å². The van der Waals surface area contributed by atoms with Crippen LogP contribution in [0, 0.1) is 28.5 Å². The maximum atomic E-state index is 14.7. The van der Waals surface area contributed by atoms with Crippen LogP contribution in [0.1, 0.15) is 12.0 Å². The number of aromatic nitrogens is 1. The molecule has 11 heteroatoms. The van der Waals surface area contributed by atoms with Gasteiger partial charge in [-0.15, -0.1) is 0 Å². The molecular formula is C17H11BrCl2FN5O2. The van der Waals surface area contributed by atoms with E-state index in [9.17, 15) is 19.6 Å². The first-order valence-corrected chi connectivity index (χ1v) is 9.53. The number of hydrogen-bond donors (Lipinski definition) is 1. The first kappa shape index (κ1) is 20.4. The number of rotatable bonds is 2. The summed E-state index contributed by atoms with van der Waals surface area (Å²) in [6.07, 6.45) is -1.15. The molecule has 1 aromatic carbocycles. The van der Waals surface area contributed by atoms with Gasteiger partial charge in [-0.2, -0.15) is 10.5 Å². The Bertz CT molecular complexity index is 1070. The van der Waals surface area contributed by atoms with Crippen LogP contribution < -0.4 is 4.90 Å². The number of fused-ring (bicyclic) bond motifs is 1. The summed E-state index contributed by atoms with van der Waals surface area (Å²) in [5.41, 5.74) is 0.290. The van der Waals surface area contributed by atoms with Crippen LogP contribution in [0.5, 0.6) is 0 Å². The van der Waals surface area contributed by atoms with E-state index in [4.69, 9.17) is 28.5 Å². The average molecular weight is 487 g/mol. The van der Waals surface area contributed by atoms with Gasteiger partial charge in [0, 0.05) is 25.0 Å². The van der Waals surface area contributed by atoms with E-state index < -0.39 is 18.0 Å². The van der Waals surface area contributed by atoms with E-state index in [0.29, 0.717) is 5.69 Å². The molecule has 1 aliphatic rings. The van der Waals surface area contributed by atoms with E-state index in [2.05, 4.69) is 20.9 Å². The molecule has 1 aliphatic heterocycles. The highest BCUT2D eigenvalue weighted by Crippen LogP contribution is 2.40. The lowest BCUT2D eigenvalue weighted by Crippen LogP contribution is -2.55. The monoisotopic (exact) mass is 485 g/mol. The van der Waals surface area contributed by atoms with Gasteiger partial charge in [-0.3, -0.25) is 0 Å². The maximum absolute atomic E-state index is 14.7. The number of halogens is 4. The van der Waals surface area contributed by atoms with Crippen molar-refractivity contribution in [3.05, 3.63) is 32.1 Å². The predicted molar refractivity (Wildman–Crippen MR) is 105 cm³/mol. The minimum absolute atomic E-state index is 0.0257. The van der Waals surface area contributed by atoms with Crippen LogP contribution in [0.25, 0.3) is 10.9 Å². The first-order chi connectivity index (χ1) is 13.3. The van der Waals surface area contributed by atoms with Gasteiger partial charge in [0.05, 0.1) is 33.7 Å². The lowest BCUT2D eigenvalue weighted by Gasteiger charge is -2.40. The van der Waals surface area contributed by atoms with E-state index >= 15 is 0 Å². The van der Waals surface area contributed by atoms with Gasteiger partial charge < -0.3 is 14.9 Å². The molecule has 1 unspecified atom stereocenters. The van der Waals surface area contributed by atoms with Crippen LogP contribution in [0.15, 0.2) is 10.5 Å². The van der Waals surface area contributed by atoms with Crippen molar-refractivity contribution in [1.82, 2.24) is 9.88 Å². The molecule has 1 fully saturated rings. The normalized spacial score (nSPS) is 16.7. The highest BCUT2D eigenvalue weighted by atomic mass is 79.9. The summed E-state index contributed by atoms with van der Waals surface area (Å²) in [5, 5.41) is 28.2. The largest absolute Gasteiger partial charge is 0.465 e. The van der Waals surface area contributed by atoms with Crippen molar-refractivity contribution in [3.63, 3.8) is 0 Å². The zero-order valence-corrected chi connectivity index (χ0v) is 17.2. The smallest absolute Gasteiger partial charge is 0.407 e. The molecular weight excluding hydrogens is 476 g/mol. The van der Waals surface area contributed by atoms with Gasteiger partial charge in [0.15, 0.2) is 5.82 Å². The number of nitriles is 2. The zero-order valence-electron chi connectivity index (χ0n) is 14.1. The second kappa shape index (κ2) is 7.96. The van der Waals surface area contributed by atoms with Crippen molar-refractivity contribution in [1.29, 1.82) is 10.5 Å². The molecule has 28 heavy (non-hydrogen) atoms. The molecule has 2 aromatic rings. The molecule has 2 heterocycles. The number of amides is 1. The number of pyridine rings is 1. The first-order valence-electron chi connectivity index (χ1n) is 7.98. The van der Waals surface area contributed by atoms with Gasteiger partial charge in [-0.25, -0.2) is 14.2 Å². The summed E-state index contributed by atoms with van der Waals surface area (Å²) in [5.74, 6) is -0.715. The minimum atomic E-state index is -1.13. The summed E-state index contributed by atoms with van der Waals surface area (Å²) in [7, 11) is 0. The Morgan fingerprint density at radius 1 is 1.43 bits per heavy atom. The van der Waals surface area contributed by atoms with Gasteiger partial charge in [0.1, 0.15) is 22.3 Å². The van der Waals surface area contributed by atoms with Crippen LogP contribution in [0.2, 0.25) is 10.2 Å². The summed E-state index contributed by atoms with van der Waals surface area (Å²) in [4.78, 5) is 18.3. The Morgan fingerprint density at radius 2 is 2.14 bits per heavy atom. The van der Waals surface area contributed by atoms with E-state index in [-0.39, 0.29) is 57.2 Å². The standard InChI is InChI=1S/C17H11BrCl2FN5O2/c18-12-11(19)5-9-14(13(12)21)24-16(20)10(6-23)15(9)25-3-4-26(17(27)28)8(7-25)1-2-22/h5,8H,1,3-4,7H2,(H,27,28). The van der Waals surface area contributed by atoms with Gasteiger partial charge in [-0.05, 0) is 22.0 Å². The Labute approximate surface area is 177 Å². The van der Waals surface area contributed by atoms with Crippen LogP contribution >= 0.6 is 39.1 Å². The molecule has 0 aliphatic carbocycles. The Hall–Kier alpha value is -2.33. The number of hydrogen-bond acceptors (Lipinski definition) is 5. The van der Waals surface area contributed by atoms with Crippen LogP contribution in [0.3, 0.4) is 0 Å². The van der Waals surface area contributed by atoms with E-state index in [1.165, 1.54) is 11.0 Å². The number of piperazine rings is 1. The molecule has 0 saturated carbocycles. The van der Waals surface area contributed by atoms with Crippen LogP contribution in [0.4, 0.5) is 14.9 Å². The zero-order chi connectivity index (χ0) is 20.6. The van der Waals surface area contributed by atoms with E-state index in [0.717, 1.165) is 0 Å². The summed E-state index contributed by atoms with van der Waals surface area (Å²) < 4.78 is 14.7. The van der Waals surface area contributed by atoms with Gasteiger partial charge in [-0.1, -0.05) is 23.2 Å². The van der Waals surface area contributed by atoms with E-state index in [1.807, 2.05) is 12.1 Å². The fourth-order valence-corrected chi connectivity index (χ4v) is 3.99. The Morgan fingerprint density at radius 3 is 2.75 bits per heavy atom. The average Bonchev–Trinajstić information content (AvgIpc) is 2.66. The topological polar surface area (TPSA) is 104 Å². The number of benzene rings is 1. The highest BCUT2D eigenvalue weighted by molar-refractivity contribution is 9.10. The molecule has 0 spiro atoms. The van der Waals surface area contributed by atoms with Crippen molar-refractivity contribution >= 4 is 61.8 Å². The number of anilines is 1. The third-order valence-electron chi connectivity index (χ3n) is 4.53. The number of carbonyl (C=O) groups is 1. The minimum Gasteiger partial charge on any atom is -0.465 e. The third kappa shape index (κ3) is 3.42. The van der Waals surface area contributed by atoms with Crippen molar-refractivity contribution in [3.8, 4) is 12.1 Å². The van der Waals surface area contributed by atoms with Gasteiger partial charge in [0.2, 0.25) is 0 Å². The molecule has 7 nitrogen and oxygen atoms in total. The molecule has 0 radical (unpaired) electrons. The molecule has 3 rings (SSSR count). The second-order valence-corrected chi connectivity index (χ2v) is 7.62. The quantitative estimate of drug-likeness (QED) is 0.498. The third-order valence-corrected chi connectivity index (χ3v) is 6.10. The Balaban J connectivity index is 2.21. The van der Waals surface area contributed by atoms with E-state index in [1.54, 1.807) is 4.90 Å². The van der Waals surface area contributed by atoms with Gasteiger partial charge >= 0.3 is 6.09 Å².